The normalized spacial score (nSPS) is 10.8. The summed E-state index contributed by atoms with van der Waals surface area (Å²) in [4.78, 5) is 30.4. The molecule has 2 N–H and O–H groups in total. The van der Waals surface area contributed by atoms with Gasteiger partial charge in [0.05, 0.1) is 11.9 Å². The third kappa shape index (κ3) is 3.67. The van der Waals surface area contributed by atoms with Gasteiger partial charge in [0.1, 0.15) is 17.0 Å². The molecule has 2 heterocycles. The third-order valence-corrected chi connectivity index (χ3v) is 5.10. The van der Waals surface area contributed by atoms with E-state index in [0.717, 1.165) is 16.7 Å². The number of hydrogen-bond donors (Lipinski definition) is 2. The number of aryl methyl sites for hydroxylation is 1. The van der Waals surface area contributed by atoms with Crippen LogP contribution in [0.2, 0.25) is 0 Å². The lowest BCUT2D eigenvalue weighted by atomic mass is 10.1. The fourth-order valence-electron chi connectivity index (χ4n) is 3.45. The molecule has 0 fully saturated rings. The van der Waals surface area contributed by atoms with Gasteiger partial charge < -0.3 is 10.4 Å². The fraction of sp³-hybridized carbons (Fsp3) is 0.125. The molecule has 4 aromatic rings. The molecule has 30 heavy (non-hydrogen) atoms. The molecule has 6 nitrogen and oxygen atoms in total. The fourth-order valence-corrected chi connectivity index (χ4v) is 3.45. The second kappa shape index (κ2) is 8.21. The summed E-state index contributed by atoms with van der Waals surface area (Å²) in [5.74, 6) is -0.969. The van der Waals surface area contributed by atoms with Crippen molar-refractivity contribution in [2.75, 3.05) is 0 Å². The number of hydrogen-bond acceptors (Lipinski definition) is 4. The van der Waals surface area contributed by atoms with Gasteiger partial charge in [-0.1, -0.05) is 54.6 Å². The summed E-state index contributed by atoms with van der Waals surface area (Å²) in [5, 5.41) is 13.8. The van der Waals surface area contributed by atoms with Gasteiger partial charge in [-0.05, 0) is 35.7 Å². The van der Waals surface area contributed by atoms with Gasteiger partial charge in [-0.2, -0.15) is 0 Å². The number of carbonyl (C=O) groups excluding carboxylic acids is 1. The Hall–Kier alpha value is -3.93. The number of benzene rings is 2. The van der Waals surface area contributed by atoms with Crippen molar-refractivity contribution < 1.29 is 9.90 Å². The molecule has 6 heteroatoms. The van der Waals surface area contributed by atoms with Gasteiger partial charge in [0.2, 0.25) is 0 Å². The van der Waals surface area contributed by atoms with E-state index in [1.54, 1.807) is 18.3 Å². The van der Waals surface area contributed by atoms with Crippen LogP contribution in [0.3, 0.4) is 0 Å². The highest BCUT2D eigenvalue weighted by Crippen LogP contribution is 2.25. The van der Waals surface area contributed by atoms with Crippen LogP contribution in [0.25, 0.3) is 11.0 Å². The average Bonchev–Trinajstić information content (AvgIpc) is 2.77. The molecule has 0 bridgehead atoms. The maximum Gasteiger partial charge on any atom is 0.269 e. The molecule has 1 amide bonds. The van der Waals surface area contributed by atoms with Crippen LogP contribution in [0.1, 0.15) is 27.0 Å². The average molecular weight is 399 g/mol. The molecule has 150 valence electrons. The van der Waals surface area contributed by atoms with Gasteiger partial charge >= 0.3 is 0 Å². The quantitative estimate of drug-likeness (QED) is 0.539. The summed E-state index contributed by atoms with van der Waals surface area (Å²) >= 11 is 0. The molecule has 2 aromatic carbocycles. The predicted molar refractivity (Wildman–Crippen MR) is 116 cm³/mol. The number of fused-ring (bicyclic) bond motifs is 1. The van der Waals surface area contributed by atoms with Gasteiger partial charge in [-0.3, -0.25) is 14.2 Å². The molecule has 0 unspecified atom stereocenters. The van der Waals surface area contributed by atoms with Crippen LogP contribution in [0.5, 0.6) is 5.75 Å². The number of rotatable bonds is 5. The molecule has 0 saturated carbocycles. The van der Waals surface area contributed by atoms with Crippen molar-refractivity contribution in [3.8, 4) is 5.75 Å². The number of amides is 1. The van der Waals surface area contributed by atoms with Gasteiger partial charge in [0.25, 0.3) is 11.5 Å². The van der Waals surface area contributed by atoms with E-state index in [9.17, 15) is 14.7 Å². The van der Waals surface area contributed by atoms with E-state index in [1.165, 1.54) is 4.57 Å². The van der Waals surface area contributed by atoms with Crippen LogP contribution in [0.15, 0.2) is 77.7 Å². The summed E-state index contributed by atoms with van der Waals surface area (Å²) in [6.07, 6.45) is 1.56. The van der Waals surface area contributed by atoms with Crippen molar-refractivity contribution in [3.63, 3.8) is 0 Å². The number of aromatic nitrogens is 2. The second-order valence-corrected chi connectivity index (χ2v) is 7.08. The molecular formula is C24H21N3O3. The number of nitrogens with one attached hydrogen (secondary N) is 1. The first kappa shape index (κ1) is 19.4. The van der Waals surface area contributed by atoms with Gasteiger partial charge in [-0.15, -0.1) is 0 Å². The van der Waals surface area contributed by atoms with E-state index >= 15 is 0 Å². The van der Waals surface area contributed by atoms with Crippen LogP contribution in [-0.4, -0.2) is 20.6 Å². The van der Waals surface area contributed by atoms with Crippen molar-refractivity contribution in [2.45, 2.75) is 20.0 Å². The topological polar surface area (TPSA) is 84.2 Å². The van der Waals surface area contributed by atoms with Crippen LogP contribution >= 0.6 is 0 Å². The molecular weight excluding hydrogens is 378 g/mol. The van der Waals surface area contributed by atoms with Crippen LogP contribution in [0.4, 0.5) is 0 Å². The molecule has 0 atom stereocenters. The highest BCUT2D eigenvalue weighted by Gasteiger charge is 2.23. The Balaban J connectivity index is 1.77. The van der Waals surface area contributed by atoms with E-state index in [1.807, 2.05) is 61.5 Å². The summed E-state index contributed by atoms with van der Waals surface area (Å²) in [5.41, 5.74) is 2.34. The lowest BCUT2D eigenvalue weighted by Gasteiger charge is -2.14. The van der Waals surface area contributed by atoms with Crippen LogP contribution in [0, 0.1) is 6.92 Å². The summed E-state index contributed by atoms with van der Waals surface area (Å²) in [7, 11) is 0. The van der Waals surface area contributed by atoms with Crippen molar-refractivity contribution in [3.05, 3.63) is 106 Å². The minimum absolute atomic E-state index is 0.242. The van der Waals surface area contributed by atoms with E-state index in [-0.39, 0.29) is 24.4 Å². The van der Waals surface area contributed by atoms with Crippen molar-refractivity contribution in [1.82, 2.24) is 14.9 Å². The predicted octanol–water partition coefficient (Wildman–Crippen LogP) is 3.39. The minimum Gasteiger partial charge on any atom is -0.506 e. The summed E-state index contributed by atoms with van der Waals surface area (Å²) in [6, 6.07) is 20.4. The highest BCUT2D eigenvalue weighted by molar-refractivity contribution is 6.01. The Morgan fingerprint density at radius 3 is 2.53 bits per heavy atom. The maximum absolute atomic E-state index is 13.2. The highest BCUT2D eigenvalue weighted by atomic mass is 16.3. The van der Waals surface area contributed by atoms with E-state index in [2.05, 4.69) is 10.3 Å². The van der Waals surface area contributed by atoms with Crippen molar-refractivity contribution in [1.29, 1.82) is 0 Å². The zero-order valence-electron chi connectivity index (χ0n) is 16.5. The second-order valence-electron chi connectivity index (χ2n) is 7.08. The number of pyridine rings is 2. The van der Waals surface area contributed by atoms with E-state index in [0.29, 0.717) is 11.0 Å². The van der Waals surface area contributed by atoms with E-state index in [4.69, 9.17) is 0 Å². The van der Waals surface area contributed by atoms with Gasteiger partial charge in [0.15, 0.2) is 0 Å². The van der Waals surface area contributed by atoms with Crippen molar-refractivity contribution in [2.24, 2.45) is 0 Å². The Morgan fingerprint density at radius 2 is 1.77 bits per heavy atom. The molecule has 0 spiro atoms. The maximum atomic E-state index is 13.2. The summed E-state index contributed by atoms with van der Waals surface area (Å²) < 4.78 is 1.42. The molecule has 0 aliphatic heterocycles. The Kier molecular flexibility index (Phi) is 5.30. The van der Waals surface area contributed by atoms with Crippen LogP contribution in [-0.2, 0) is 13.1 Å². The number of aromatic hydroxyl groups is 1. The number of nitrogens with zero attached hydrogens (tertiary/aromatic N) is 2. The van der Waals surface area contributed by atoms with Gasteiger partial charge in [0, 0.05) is 12.7 Å². The molecule has 0 radical (unpaired) electrons. The Labute approximate surface area is 173 Å². The lowest BCUT2D eigenvalue weighted by molar-refractivity contribution is 0.0946. The Bertz CT molecular complexity index is 1280. The minimum atomic E-state index is -0.617. The first-order valence-electron chi connectivity index (χ1n) is 9.63. The molecule has 4 rings (SSSR count). The zero-order valence-corrected chi connectivity index (χ0v) is 16.5. The number of carbonyl (C=O) groups is 1. The lowest BCUT2D eigenvalue weighted by Crippen LogP contribution is -2.33. The Morgan fingerprint density at radius 1 is 1.03 bits per heavy atom. The first-order chi connectivity index (χ1) is 14.6. The standard InChI is InChI=1S/C24H21N3O3/c1-16-8-5-6-11-18(16)14-26-23(29)20-21(28)19-12-7-13-25-22(19)27(24(20)30)15-17-9-3-2-4-10-17/h2-13,28H,14-15H2,1H3,(H,26,29). The van der Waals surface area contributed by atoms with Crippen molar-refractivity contribution >= 4 is 16.9 Å². The third-order valence-electron chi connectivity index (χ3n) is 5.10. The zero-order chi connectivity index (χ0) is 21.1. The monoisotopic (exact) mass is 399 g/mol. The smallest absolute Gasteiger partial charge is 0.269 e. The largest absolute Gasteiger partial charge is 0.506 e. The summed E-state index contributed by atoms with van der Waals surface area (Å²) in [6.45, 7) is 2.45. The first-order valence-corrected chi connectivity index (χ1v) is 9.63. The van der Waals surface area contributed by atoms with Crippen LogP contribution < -0.4 is 10.9 Å². The molecule has 0 saturated heterocycles. The molecule has 0 aliphatic carbocycles. The SMILES string of the molecule is Cc1ccccc1CNC(=O)c1c(O)c2cccnc2n(Cc2ccccc2)c1=O. The molecule has 2 aromatic heterocycles. The van der Waals surface area contributed by atoms with Gasteiger partial charge in [-0.25, -0.2) is 4.98 Å². The van der Waals surface area contributed by atoms with E-state index < -0.39 is 11.5 Å². The molecule has 0 aliphatic rings.